The van der Waals surface area contributed by atoms with Crippen LogP contribution in [0.2, 0.25) is 0 Å². The highest BCUT2D eigenvalue weighted by atomic mass is 16.1. The lowest BCUT2D eigenvalue weighted by Crippen LogP contribution is -2.46. The van der Waals surface area contributed by atoms with Crippen molar-refractivity contribution in [2.24, 2.45) is 5.73 Å². The molecule has 0 spiro atoms. The molecule has 0 unspecified atom stereocenters. The summed E-state index contributed by atoms with van der Waals surface area (Å²) >= 11 is 0. The predicted octanol–water partition coefficient (Wildman–Crippen LogP) is 1.61. The van der Waals surface area contributed by atoms with Crippen molar-refractivity contribution in [3.8, 4) is 0 Å². The van der Waals surface area contributed by atoms with Crippen LogP contribution in [0.3, 0.4) is 0 Å². The van der Waals surface area contributed by atoms with Crippen LogP contribution in [0.25, 0.3) is 0 Å². The maximum Gasteiger partial charge on any atom is 0.238 e. The largest absolute Gasteiger partial charge is 0.368 e. The molecule has 0 radical (unpaired) electrons. The van der Waals surface area contributed by atoms with E-state index in [-0.39, 0.29) is 12.5 Å². The van der Waals surface area contributed by atoms with Crippen LogP contribution >= 0.6 is 0 Å². The predicted molar refractivity (Wildman–Crippen MR) is 97.5 cm³/mol. The van der Waals surface area contributed by atoms with Gasteiger partial charge in [-0.1, -0.05) is 12.1 Å². The Bertz CT molecular complexity index is 693. The number of aryl methyl sites for hydroxylation is 1. The molecule has 1 amide bonds. The minimum absolute atomic E-state index is 0.0251. The Hall–Kier alpha value is -2.60. The third kappa shape index (κ3) is 3.83. The number of carbonyl (C=O) groups is 1. The standard InChI is InChI=1S/C18H23N5O/c1-14-3-2-4-16(11-14)22-7-9-23(10-8-22)17-6-5-15(13-20-17)21-18(24)12-19/h2-6,11,13H,7-10,12,19H2,1H3,(H,21,24). The van der Waals surface area contributed by atoms with Gasteiger partial charge in [0.25, 0.3) is 0 Å². The molecule has 0 aliphatic carbocycles. The average molecular weight is 325 g/mol. The summed E-state index contributed by atoms with van der Waals surface area (Å²) in [7, 11) is 0. The van der Waals surface area contributed by atoms with Crippen LogP contribution in [-0.4, -0.2) is 43.6 Å². The Balaban J connectivity index is 1.59. The number of aromatic nitrogens is 1. The number of benzene rings is 1. The first-order valence-corrected chi connectivity index (χ1v) is 8.18. The van der Waals surface area contributed by atoms with E-state index in [2.05, 4.69) is 51.3 Å². The Morgan fingerprint density at radius 2 is 1.92 bits per heavy atom. The zero-order chi connectivity index (χ0) is 16.9. The van der Waals surface area contributed by atoms with E-state index in [1.807, 2.05) is 12.1 Å². The number of carbonyl (C=O) groups excluding carboxylic acids is 1. The second-order valence-electron chi connectivity index (χ2n) is 5.97. The molecule has 1 saturated heterocycles. The molecule has 0 bridgehead atoms. The summed E-state index contributed by atoms with van der Waals surface area (Å²) < 4.78 is 0. The third-order valence-corrected chi connectivity index (χ3v) is 4.19. The lowest BCUT2D eigenvalue weighted by Gasteiger charge is -2.36. The normalized spacial score (nSPS) is 14.6. The van der Waals surface area contributed by atoms with Gasteiger partial charge in [-0.3, -0.25) is 4.79 Å². The van der Waals surface area contributed by atoms with E-state index in [0.29, 0.717) is 5.69 Å². The number of anilines is 3. The van der Waals surface area contributed by atoms with E-state index in [9.17, 15) is 4.79 Å². The smallest absolute Gasteiger partial charge is 0.238 e. The number of rotatable bonds is 4. The van der Waals surface area contributed by atoms with E-state index in [1.54, 1.807) is 6.20 Å². The van der Waals surface area contributed by atoms with Gasteiger partial charge in [0.2, 0.25) is 5.91 Å². The summed E-state index contributed by atoms with van der Waals surface area (Å²) in [6.45, 7) is 5.88. The number of amides is 1. The van der Waals surface area contributed by atoms with Gasteiger partial charge in [-0.05, 0) is 36.8 Å². The van der Waals surface area contributed by atoms with Crippen molar-refractivity contribution in [3.63, 3.8) is 0 Å². The fourth-order valence-electron chi connectivity index (χ4n) is 2.88. The van der Waals surface area contributed by atoms with Gasteiger partial charge < -0.3 is 20.9 Å². The average Bonchev–Trinajstić information content (AvgIpc) is 2.62. The first-order valence-electron chi connectivity index (χ1n) is 8.18. The Morgan fingerprint density at radius 3 is 2.54 bits per heavy atom. The zero-order valence-electron chi connectivity index (χ0n) is 13.9. The van der Waals surface area contributed by atoms with Crippen molar-refractivity contribution >= 4 is 23.1 Å². The molecule has 1 aliphatic heterocycles. The first kappa shape index (κ1) is 16.3. The molecule has 6 heteroatoms. The summed E-state index contributed by atoms with van der Waals surface area (Å²) in [5.74, 6) is 0.723. The highest BCUT2D eigenvalue weighted by Crippen LogP contribution is 2.21. The van der Waals surface area contributed by atoms with Gasteiger partial charge in [-0.2, -0.15) is 0 Å². The van der Waals surface area contributed by atoms with Gasteiger partial charge in [0, 0.05) is 31.9 Å². The lowest BCUT2D eigenvalue weighted by molar-refractivity contribution is -0.114. The summed E-state index contributed by atoms with van der Waals surface area (Å²) in [6.07, 6.45) is 1.68. The molecule has 1 aromatic heterocycles. The molecule has 1 aliphatic rings. The summed E-state index contributed by atoms with van der Waals surface area (Å²) in [5.41, 5.74) is 8.53. The number of pyridine rings is 1. The maximum absolute atomic E-state index is 11.3. The van der Waals surface area contributed by atoms with E-state index in [0.717, 1.165) is 32.0 Å². The van der Waals surface area contributed by atoms with E-state index >= 15 is 0 Å². The lowest BCUT2D eigenvalue weighted by atomic mass is 10.2. The number of piperazine rings is 1. The molecule has 3 rings (SSSR count). The van der Waals surface area contributed by atoms with Crippen molar-refractivity contribution < 1.29 is 4.79 Å². The second kappa shape index (κ2) is 7.31. The number of nitrogens with zero attached hydrogens (tertiary/aromatic N) is 3. The van der Waals surface area contributed by atoms with Gasteiger partial charge in [0.1, 0.15) is 5.82 Å². The molecule has 24 heavy (non-hydrogen) atoms. The van der Waals surface area contributed by atoms with Gasteiger partial charge in [-0.25, -0.2) is 4.98 Å². The molecular weight excluding hydrogens is 302 g/mol. The van der Waals surface area contributed by atoms with Crippen LogP contribution in [0.1, 0.15) is 5.56 Å². The van der Waals surface area contributed by atoms with Crippen molar-refractivity contribution in [2.75, 3.05) is 47.8 Å². The van der Waals surface area contributed by atoms with Gasteiger partial charge >= 0.3 is 0 Å². The van der Waals surface area contributed by atoms with Gasteiger partial charge in [-0.15, -0.1) is 0 Å². The highest BCUT2D eigenvalue weighted by Gasteiger charge is 2.18. The van der Waals surface area contributed by atoms with Crippen molar-refractivity contribution in [2.45, 2.75) is 6.92 Å². The molecule has 0 atom stereocenters. The Kier molecular flexibility index (Phi) is 4.96. The summed E-state index contributed by atoms with van der Waals surface area (Å²) in [5, 5.41) is 2.70. The third-order valence-electron chi connectivity index (χ3n) is 4.19. The molecule has 1 fully saturated rings. The summed E-state index contributed by atoms with van der Waals surface area (Å²) in [4.78, 5) is 20.4. The van der Waals surface area contributed by atoms with Gasteiger partial charge in [0.15, 0.2) is 0 Å². The topological polar surface area (TPSA) is 74.5 Å². The van der Waals surface area contributed by atoms with Crippen molar-refractivity contribution in [1.82, 2.24) is 4.98 Å². The van der Waals surface area contributed by atoms with Crippen LogP contribution in [0, 0.1) is 6.92 Å². The monoisotopic (exact) mass is 325 g/mol. The van der Waals surface area contributed by atoms with Crippen molar-refractivity contribution in [3.05, 3.63) is 48.2 Å². The number of nitrogens with two attached hydrogens (primary N) is 1. The van der Waals surface area contributed by atoms with E-state index in [4.69, 9.17) is 5.73 Å². The van der Waals surface area contributed by atoms with Crippen LogP contribution in [-0.2, 0) is 4.79 Å². The van der Waals surface area contributed by atoms with Crippen LogP contribution in [0.4, 0.5) is 17.2 Å². The van der Waals surface area contributed by atoms with E-state index < -0.39 is 0 Å². The number of nitrogens with one attached hydrogen (secondary N) is 1. The number of hydrogen-bond acceptors (Lipinski definition) is 5. The SMILES string of the molecule is Cc1cccc(N2CCN(c3ccc(NC(=O)CN)cn3)CC2)c1. The van der Waals surface area contributed by atoms with Crippen molar-refractivity contribution in [1.29, 1.82) is 0 Å². The molecule has 3 N–H and O–H groups in total. The van der Waals surface area contributed by atoms with E-state index in [1.165, 1.54) is 11.3 Å². The second-order valence-corrected chi connectivity index (χ2v) is 5.97. The van der Waals surface area contributed by atoms with Gasteiger partial charge in [0.05, 0.1) is 18.4 Å². The zero-order valence-corrected chi connectivity index (χ0v) is 13.9. The molecule has 1 aromatic carbocycles. The fourth-order valence-corrected chi connectivity index (χ4v) is 2.88. The first-order chi connectivity index (χ1) is 11.7. The van der Waals surface area contributed by atoms with Crippen LogP contribution < -0.4 is 20.9 Å². The minimum Gasteiger partial charge on any atom is -0.368 e. The number of hydrogen-bond donors (Lipinski definition) is 2. The van der Waals surface area contributed by atoms with Crippen LogP contribution in [0.5, 0.6) is 0 Å². The quantitative estimate of drug-likeness (QED) is 0.893. The molecule has 126 valence electrons. The molecule has 0 saturated carbocycles. The molecular formula is C18H23N5O. The minimum atomic E-state index is -0.212. The van der Waals surface area contributed by atoms with Crippen LogP contribution in [0.15, 0.2) is 42.6 Å². The fraction of sp³-hybridized carbons (Fsp3) is 0.333. The molecule has 6 nitrogen and oxygen atoms in total. The highest BCUT2D eigenvalue weighted by molar-refractivity contribution is 5.91. The molecule has 2 heterocycles. The Morgan fingerprint density at radius 1 is 1.17 bits per heavy atom. The maximum atomic E-state index is 11.3. The summed E-state index contributed by atoms with van der Waals surface area (Å²) in [6, 6.07) is 12.4. The Labute approximate surface area is 142 Å². The molecule has 2 aromatic rings.